The first-order valence-electron chi connectivity index (χ1n) is 6.10. The number of ether oxygens (including phenoxy) is 1. The van der Waals surface area contributed by atoms with Gasteiger partial charge in [-0.05, 0) is 24.3 Å². The molecule has 4 nitrogen and oxygen atoms in total. The minimum absolute atomic E-state index is 0.569. The zero-order valence-corrected chi connectivity index (χ0v) is 10.5. The van der Waals surface area contributed by atoms with Crippen molar-refractivity contribution in [3.05, 3.63) is 66.4 Å². The molecule has 0 radical (unpaired) electrons. The number of para-hydroxylation sites is 1. The van der Waals surface area contributed by atoms with Crippen LogP contribution in [0.1, 0.15) is 10.4 Å². The average molecular weight is 265 g/mol. The maximum atomic E-state index is 10.8. The Hall–Kier alpha value is -2.88. The van der Waals surface area contributed by atoms with Gasteiger partial charge in [0, 0.05) is 11.6 Å². The number of carbonyl (C=O) groups is 1. The van der Waals surface area contributed by atoms with Gasteiger partial charge in [-0.3, -0.25) is 4.79 Å². The quantitative estimate of drug-likeness (QED) is 0.670. The van der Waals surface area contributed by atoms with Crippen LogP contribution in [-0.2, 0) is 0 Å². The van der Waals surface area contributed by atoms with Crippen LogP contribution in [0.3, 0.4) is 0 Å². The van der Waals surface area contributed by atoms with Crippen LogP contribution in [0, 0.1) is 0 Å². The van der Waals surface area contributed by atoms with Crippen molar-refractivity contribution in [2.75, 3.05) is 0 Å². The first kappa shape index (κ1) is 12.2. The largest absolute Gasteiger partial charge is 0.457 e. The third-order valence-electron chi connectivity index (χ3n) is 2.81. The van der Waals surface area contributed by atoms with Crippen molar-refractivity contribution in [2.45, 2.75) is 0 Å². The summed E-state index contributed by atoms with van der Waals surface area (Å²) in [5.41, 5.74) is 1.38. The molecule has 0 saturated carbocycles. The fourth-order valence-electron chi connectivity index (χ4n) is 1.89. The third-order valence-corrected chi connectivity index (χ3v) is 2.81. The van der Waals surface area contributed by atoms with Gasteiger partial charge >= 0.3 is 0 Å². The van der Waals surface area contributed by atoms with Crippen LogP contribution in [0.4, 0.5) is 0 Å². The van der Waals surface area contributed by atoms with E-state index in [-0.39, 0.29) is 0 Å². The predicted molar refractivity (Wildman–Crippen MR) is 73.8 cm³/mol. The van der Waals surface area contributed by atoms with Crippen LogP contribution in [0.2, 0.25) is 0 Å². The van der Waals surface area contributed by atoms with Crippen molar-refractivity contribution < 1.29 is 14.1 Å². The molecule has 0 aliphatic heterocycles. The van der Waals surface area contributed by atoms with Gasteiger partial charge in [0.25, 0.3) is 0 Å². The molecular formula is C16H11NO3. The second-order valence-corrected chi connectivity index (χ2v) is 4.17. The molecule has 3 aromatic rings. The molecule has 0 fully saturated rings. The lowest BCUT2D eigenvalue weighted by Crippen LogP contribution is -1.88. The van der Waals surface area contributed by atoms with Gasteiger partial charge in [0.15, 0.2) is 5.76 Å². The van der Waals surface area contributed by atoms with Crippen molar-refractivity contribution in [3.8, 4) is 22.8 Å². The normalized spacial score (nSPS) is 10.2. The smallest absolute Gasteiger partial charge is 0.170 e. The Morgan fingerprint density at radius 1 is 1.05 bits per heavy atom. The predicted octanol–water partition coefficient (Wildman–Crippen LogP) is 3.95. The van der Waals surface area contributed by atoms with Gasteiger partial charge in [0.05, 0.1) is 11.8 Å². The van der Waals surface area contributed by atoms with Crippen molar-refractivity contribution in [1.82, 2.24) is 5.16 Å². The average Bonchev–Trinajstić information content (AvgIpc) is 3.02. The number of rotatable bonds is 4. The summed E-state index contributed by atoms with van der Waals surface area (Å²) >= 11 is 0. The highest BCUT2D eigenvalue weighted by Gasteiger charge is 2.10. The molecule has 98 valence electrons. The maximum Gasteiger partial charge on any atom is 0.170 e. The Morgan fingerprint density at radius 2 is 1.95 bits per heavy atom. The lowest BCUT2D eigenvalue weighted by Gasteiger charge is -2.09. The summed E-state index contributed by atoms with van der Waals surface area (Å²) in [7, 11) is 0. The number of hydrogen-bond acceptors (Lipinski definition) is 4. The van der Waals surface area contributed by atoms with E-state index in [2.05, 4.69) is 5.16 Å². The Balaban J connectivity index is 1.97. The first-order valence-corrected chi connectivity index (χ1v) is 6.10. The molecule has 0 atom stereocenters. The summed E-state index contributed by atoms with van der Waals surface area (Å²) in [6.07, 6.45) is 2.37. The molecule has 4 heteroatoms. The van der Waals surface area contributed by atoms with E-state index in [0.29, 0.717) is 22.8 Å². The van der Waals surface area contributed by atoms with Crippen LogP contribution < -0.4 is 4.74 Å². The highest BCUT2D eigenvalue weighted by molar-refractivity contribution is 5.75. The number of aromatic nitrogens is 1. The molecular weight excluding hydrogens is 254 g/mol. The fourth-order valence-corrected chi connectivity index (χ4v) is 1.89. The molecule has 0 unspecified atom stereocenters. The fraction of sp³-hybridized carbons (Fsp3) is 0. The SMILES string of the molecule is O=Cc1cccc(Oc2ccccc2-c2ccno2)c1. The molecule has 1 heterocycles. The van der Waals surface area contributed by atoms with E-state index < -0.39 is 0 Å². The molecule has 0 spiro atoms. The topological polar surface area (TPSA) is 52.3 Å². The highest BCUT2D eigenvalue weighted by Crippen LogP contribution is 2.32. The standard InChI is InChI=1S/C16H11NO3/c18-11-12-4-3-5-13(10-12)19-15-7-2-1-6-14(15)16-8-9-17-20-16/h1-11H. The minimum atomic E-state index is 0.569. The lowest BCUT2D eigenvalue weighted by atomic mass is 10.1. The van der Waals surface area contributed by atoms with Crippen molar-refractivity contribution in [3.63, 3.8) is 0 Å². The second kappa shape index (κ2) is 5.40. The minimum Gasteiger partial charge on any atom is -0.457 e. The van der Waals surface area contributed by atoms with Crippen LogP contribution in [0.25, 0.3) is 11.3 Å². The van der Waals surface area contributed by atoms with Crippen molar-refractivity contribution >= 4 is 6.29 Å². The van der Waals surface area contributed by atoms with Crippen LogP contribution in [-0.4, -0.2) is 11.4 Å². The number of hydrogen-bond donors (Lipinski definition) is 0. The summed E-state index contributed by atoms with van der Waals surface area (Å²) in [6, 6.07) is 16.2. The molecule has 0 aliphatic rings. The Bertz CT molecular complexity index is 720. The summed E-state index contributed by atoms with van der Waals surface area (Å²) < 4.78 is 11.0. The van der Waals surface area contributed by atoms with Crippen molar-refractivity contribution in [2.24, 2.45) is 0 Å². The second-order valence-electron chi connectivity index (χ2n) is 4.17. The molecule has 0 bridgehead atoms. The van der Waals surface area contributed by atoms with Gasteiger partial charge in [-0.1, -0.05) is 29.4 Å². The molecule has 0 N–H and O–H groups in total. The third kappa shape index (κ3) is 2.44. The van der Waals surface area contributed by atoms with Gasteiger partial charge in [-0.15, -0.1) is 0 Å². The van der Waals surface area contributed by atoms with E-state index in [0.717, 1.165) is 11.8 Å². The van der Waals surface area contributed by atoms with E-state index in [9.17, 15) is 4.79 Å². The Morgan fingerprint density at radius 3 is 2.75 bits per heavy atom. The van der Waals surface area contributed by atoms with E-state index in [1.165, 1.54) is 0 Å². The van der Waals surface area contributed by atoms with E-state index >= 15 is 0 Å². The number of benzene rings is 2. The van der Waals surface area contributed by atoms with Crippen LogP contribution >= 0.6 is 0 Å². The molecule has 20 heavy (non-hydrogen) atoms. The van der Waals surface area contributed by atoms with Gasteiger partial charge in [0.1, 0.15) is 17.8 Å². The van der Waals surface area contributed by atoms with E-state index in [1.807, 2.05) is 24.3 Å². The van der Waals surface area contributed by atoms with E-state index in [1.54, 1.807) is 36.5 Å². The number of aldehydes is 1. The van der Waals surface area contributed by atoms with Crippen LogP contribution in [0.5, 0.6) is 11.5 Å². The molecule has 0 saturated heterocycles. The van der Waals surface area contributed by atoms with Gasteiger partial charge in [-0.2, -0.15) is 0 Å². The highest BCUT2D eigenvalue weighted by atomic mass is 16.5. The molecule has 1 aromatic heterocycles. The summed E-state index contributed by atoms with van der Waals surface area (Å²) in [6.45, 7) is 0. The molecule has 0 amide bonds. The zero-order chi connectivity index (χ0) is 13.8. The van der Waals surface area contributed by atoms with E-state index in [4.69, 9.17) is 9.26 Å². The maximum absolute atomic E-state index is 10.8. The Kier molecular flexibility index (Phi) is 3.29. The summed E-state index contributed by atoms with van der Waals surface area (Å²) in [5.74, 6) is 1.88. The Labute approximate surface area is 115 Å². The number of carbonyl (C=O) groups excluding carboxylic acids is 1. The van der Waals surface area contributed by atoms with Crippen LogP contribution in [0.15, 0.2) is 65.3 Å². The first-order chi connectivity index (χ1) is 9.86. The van der Waals surface area contributed by atoms with Gasteiger partial charge in [0.2, 0.25) is 0 Å². The summed E-state index contributed by atoms with van der Waals surface area (Å²) in [4.78, 5) is 10.8. The summed E-state index contributed by atoms with van der Waals surface area (Å²) in [5, 5.41) is 3.70. The molecule has 0 aliphatic carbocycles. The monoisotopic (exact) mass is 265 g/mol. The van der Waals surface area contributed by atoms with Crippen molar-refractivity contribution in [1.29, 1.82) is 0 Å². The van der Waals surface area contributed by atoms with Gasteiger partial charge < -0.3 is 9.26 Å². The molecule has 2 aromatic carbocycles. The van der Waals surface area contributed by atoms with Gasteiger partial charge in [-0.25, -0.2) is 0 Å². The zero-order valence-electron chi connectivity index (χ0n) is 10.5. The molecule has 3 rings (SSSR count). The number of nitrogens with zero attached hydrogens (tertiary/aromatic N) is 1. The lowest BCUT2D eigenvalue weighted by molar-refractivity contribution is 0.112.